The molecule has 1 unspecified atom stereocenters. The summed E-state index contributed by atoms with van der Waals surface area (Å²) in [4.78, 5) is 34.2. The number of imidazole rings is 1. The van der Waals surface area contributed by atoms with Gasteiger partial charge in [-0.05, 0) is 36.8 Å². The molecule has 158 valence electrons. The van der Waals surface area contributed by atoms with E-state index in [1.807, 2.05) is 38.6 Å². The monoisotopic (exact) mass is 398 g/mol. The smallest absolute Gasteiger partial charge is 0.242 e. The van der Waals surface area contributed by atoms with Crippen molar-refractivity contribution in [1.29, 1.82) is 0 Å². The number of likely N-dealkylation sites (tertiary alicyclic amines) is 1. The summed E-state index contributed by atoms with van der Waals surface area (Å²) >= 11 is 0. The molecule has 6 heteroatoms. The van der Waals surface area contributed by atoms with Gasteiger partial charge < -0.3 is 14.4 Å². The van der Waals surface area contributed by atoms with Crippen molar-refractivity contribution in [3.8, 4) is 0 Å². The maximum atomic E-state index is 13.3. The number of hydrogen-bond acceptors (Lipinski definition) is 3. The SMILES string of the molecule is CC(=O)N1CCCC1c1nc2ccccc2n1CC(=O)N(CC(C)C)CC(C)C. The lowest BCUT2D eigenvalue weighted by atomic mass is 10.1. The molecule has 1 aromatic carbocycles. The molecular formula is C23H34N4O2. The fourth-order valence-corrected chi connectivity index (χ4v) is 4.32. The number of para-hydroxylation sites is 2. The van der Waals surface area contributed by atoms with Gasteiger partial charge in [-0.3, -0.25) is 9.59 Å². The van der Waals surface area contributed by atoms with E-state index in [-0.39, 0.29) is 24.4 Å². The Labute approximate surface area is 173 Å². The van der Waals surface area contributed by atoms with Gasteiger partial charge in [-0.1, -0.05) is 39.8 Å². The molecule has 0 radical (unpaired) electrons. The maximum Gasteiger partial charge on any atom is 0.242 e. The molecule has 0 N–H and O–H groups in total. The molecule has 0 saturated carbocycles. The van der Waals surface area contributed by atoms with Crippen molar-refractivity contribution in [2.24, 2.45) is 11.8 Å². The molecule has 29 heavy (non-hydrogen) atoms. The largest absolute Gasteiger partial charge is 0.341 e. The fraction of sp³-hybridized carbons (Fsp3) is 0.609. The van der Waals surface area contributed by atoms with E-state index < -0.39 is 0 Å². The summed E-state index contributed by atoms with van der Waals surface area (Å²) in [5.74, 6) is 1.85. The Bertz CT molecular complexity index is 861. The number of benzene rings is 1. The topological polar surface area (TPSA) is 58.4 Å². The second-order valence-corrected chi connectivity index (χ2v) is 9.00. The number of fused-ring (bicyclic) bond motifs is 1. The van der Waals surface area contributed by atoms with Crippen molar-refractivity contribution in [1.82, 2.24) is 19.4 Å². The standard InChI is InChI=1S/C23H34N4O2/c1-16(2)13-25(14-17(3)4)22(29)15-27-20-10-7-6-9-19(20)24-23(27)21-11-8-12-26(21)18(5)28/h6-7,9-10,16-17,21H,8,11-15H2,1-5H3. The number of aromatic nitrogens is 2. The summed E-state index contributed by atoms with van der Waals surface area (Å²) in [6.45, 7) is 12.7. The minimum absolute atomic E-state index is 0.0589. The number of amides is 2. The second-order valence-electron chi connectivity index (χ2n) is 9.00. The Morgan fingerprint density at radius 2 is 1.79 bits per heavy atom. The maximum absolute atomic E-state index is 13.3. The van der Waals surface area contributed by atoms with E-state index in [0.29, 0.717) is 11.8 Å². The Morgan fingerprint density at radius 1 is 1.14 bits per heavy atom. The average Bonchev–Trinajstić information content (AvgIpc) is 3.25. The molecule has 0 bridgehead atoms. The van der Waals surface area contributed by atoms with Crippen LogP contribution in [0.3, 0.4) is 0 Å². The molecule has 1 aliphatic heterocycles. The molecule has 2 heterocycles. The van der Waals surface area contributed by atoms with Crippen molar-refractivity contribution in [2.75, 3.05) is 19.6 Å². The second kappa shape index (κ2) is 8.97. The van der Waals surface area contributed by atoms with E-state index in [4.69, 9.17) is 4.98 Å². The quantitative estimate of drug-likeness (QED) is 0.712. The lowest BCUT2D eigenvalue weighted by molar-refractivity contribution is -0.132. The lowest BCUT2D eigenvalue weighted by Gasteiger charge is -2.28. The Morgan fingerprint density at radius 3 is 2.41 bits per heavy atom. The number of rotatable bonds is 7. The van der Waals surface area contributed by atoms with Crippen LogP contribution in [0.2, 0.25) is 0 Å². The predicted molar refractivity (Wildman–Crippen MR) is 115 cm³/mol. The minimum atomic E-state index is -0.0589. The molecule has 1 aliphatic rings. The molecule has 2 amide bonds. The summed E-state index contributed by atoms with van der Waals surface area (Å²) in [6.07, 6.45) is 1.85. The van der Waals surface area contributed by atoms with E-state index in [0.717, 1.165) is 49.3 Å². The molecule has 1 atom stereocenters. The fourth-order valence-electron chi connectivity index (χ4n) is 4.32. The van der Waals surface area contributed by atoms with Gasteiger partial charge in [0.1, 0.15) is 12.4 Å². The Hall–Kier alpha value is -2.37. The van der Waals surface area contributed by atoms with Gasteiger partial charge >= 0.3 is 0 Å². The van der Waals surface area contributed by atoms with Crippen LogP contribution in [0, 0.1) is 11.8 Å². The predicted octanol–water partition coefficient (Wildman–Crippen LogP) is 3.86. The van der Waals surface area contributed by atoms with Gasteiger partial charge in [-0.15, -0.1) is 0 Å². The highest BCUT2D eigenvalue weighted by Gasteiger charge is 2.33. The first-order valence-corrected chi connectivity index (χ1v) is 10.8. The van der Waals surface area contributed by atoms with Crippen LogP contribution < -0.4 is 0 Å². The normalized spacial score (nSPS) is 16.9. The number of hydrogen-bond donors (Lipinski definition) is 0. The van der Waals surface area contributed by atoms with E-state index in [9.17, 15) is 9.59 Å². The van der Waals surface area contributed by atoms with Gasteiger partial charge in [0.25, 0.3) is 0 Å². The first-order valence-electron chi connectivity index (χ1n) is 10.8. The molecule has 0 spiro atoms. The average molecular weight is 399 g/mol. The molecule has 1 fully saturated rings. The van der Waals surface area contributed by atoms with Crippen molar-refractivity contribution in [2.45, 2.75) is 60.0 Å². The first kappa shape index (κ1) is 21.3. The van der Waals surface area contributed by atoms with Gasteiger partial charge in [0.2, 0.25) is 11.8 Å². The highest BCUT2D eigenvalue weighted by Crippen LogP contribution is 2.33. The summed E-state index contributed by atoms with van der Waals surface area (Å²) in [7, 11) is 0. The van der Waals surface area contributed by atoms with Crippen LogP contribution in [0.15, 0.2) is 24.3 Å². The molecule has 1 aromatic heterocycles. The molecule has 2 aromatic rings. The van der Waals surface area contributed by atoms with E-state index in [2.05, 4.69) is 27.7 Å². The van der Waals surface area contributed by atoms with Crippen LogP contribution in [0.25, 0.3) is 11.0 Å². The molecular weight excluding hydrogens is 364 g/mol. The lowest BCUT2D eigenvalue weighted by Crippen LogP contribution is -2.39. The minimum Gasteiger partial charge on any atom is -0.341 e. The van der Waals surface area contributed by atoms with Gasteiger partial charge in [0, 0.05) is 26.6 Å². The molecule has 0 aliphatic carbocycles. The van der Waals surface area contributed by atoms with Gasteiger partial charge in [-0.2, -0.15) is 0 Å². The zero-order valence-corrected chi connectivity index (χ0v) is 18.4. The third kappa shape index (κ3) is 4.80. The van der Waals surface area contributed by atoms with E-state index >= 15 is 0 Å². The third-order valence-corrected chi connectivity index (χ3v) is 5.46. The van der Waals surface area contributed by atoms with Crippen LogP contribution in [0.5, 0.6) is 0 Å². The summed E-state index contributed by atoms with van der Waals surface area (Å²) < 4.78 is 2.04. The first-order chi connectivity index (χ1) is 13.8. The van der Waals surface area contributed by atoms with Crippen LogP contribution >= 0.6 is 0 Å². The zero-order chi connectivity index (χ0) is 21.1. The highest BCUT2D eigenvalue weighted by molar-refractivity contribution is 5.81. The summed E-state index contributed by atoms with van der Waals surface area (Å²) in [5.41, 5.74) is 1.84. The molecule has 3 rings (SSSR count). The zero-order valence-electron chi connectivity index (χ0n) is 18.4. The van der Waals surface area contributed by atoms with Crippen molar-refractivity contribution in [3.05, 3.63) is 30.1 Å². The van der Waals surface area contributed by atoms with Crippen LogP contribution in [-0.2, 0) is 16.1 Å². The number of carbonyl (C=O) groups excluding carboxylic acids is 2. The van der Waals surface area contributed by atoms with Gasteiger partial charge in [-0.25, -0.2) is 4.98 Å². The van der Waals surface area contributed by atoms with Crippen LogP contribution in [-0.4, -0.2) is 50.8 Å². The highest BCUT2D eigenvalue weighted by atomic mass is 16.2. The van der Waals surface area contributed by atoms with Crippen LogP contribution in [0.4, 0.5) is 0 Å². The van der Waals surface area contributed by atoms with E-state index in [1.54, 1.807) is 6.92 Å². The van der Waals surface area contributed by atoms with Crippen molar-refractivity contribution >= 4 is 22.8 Å². The van der Waals surface area contributed by atoms with E-state index in [1.165, 1.54) is 0 Å². The summed E-state index contributed by atoms with van der Waals surface area (Å²) in [5, 5.41) is 0. The van der Waals surface area contributed by atoms with Crippen molar-refractivity contribution < 1.29 is 9.59 Å². The van der Waals surface area contributed by atoms with Crippen LogP contribution in [0.1, 0.15) is 59.3 Å². The van der Waals surface area contributed by atoms with Gasteiger partial charge in [0.05, 0.1) is 17.1 Å². The number of nitrogens with zero attached hydrogens (tertiary/aromatic N) is 4. The summed E-state index contributed by atoms with van der Waals surface area (Å²) in [6, 6.07) is 7.88. The third-order valence-electron chi connectivity index (χ3n) is 5.46. The van der Waals surface area contributed by atoms with Crippen molar-refractivity contribution in [3.63, 3.8) is 0 Å². The van der Waals surface area contributed by atoms with Gasteiger partial charge in [0.15, 0.2) is 0 Å². The Balaban J connectivity index is 1.97. The number of carbonyl (C=O) groups is 2. The Kier molecular flexibility index (Phi) is 6.60. The molecule has 6 nitrogen and oxygen atoms in total. The molecule has 1 saturated heterocycles.